The first-order chi connectivity index (χ1) is 16.0. The molecule has 1 heterocycles. The van der Waals surface area contributed by atoms with Crippen LogP contribution >= 0.6 is 11.6 Å². The summed E-state index contributed by atoms with van der Waals surface area (Å²) in [5, 5.41) is 30.4. The maximum absolute atomic E-state index is 11.4. The molecule has 1 aromatic heterocycles. The highest BCUT2D eigenvalue weighted by Crippen LogP contribution is 2.40. The highest BCUT2D eigenvalue weighted by molar-refractivity contribution is 6.31. The third-order valence-corrected chi connectivity index (χ3v) is 6.71. The molecule has 2 atom stereocenters. The molecule has 0 aliphatic rings. The molecule has 0 saturated carbocycles. The topological polar surface area (TPSA) is 88.2 Å². The molecule has 2 N–H and O–H groups in total. The van der Waals surface area contributed by atoms with Crippen LogP contribution in [-0.4, -0.2) is 31.2 Å². The van der Waals surface area contributed by atoms with E-state index in [-0.39, 0.29) is 17.1 Å². The van der Waals surface area contributed by atoms with Crippen LogP contribution in [0, 0.1) is 5.92 Å². The van der Waals surface area contributed by atoms with Crippen LogP contribution in [0.2, 0.25) is 5.02 Å². The average Bonchev–Trinajstić information content (AvgIpc) is 3.18. The van der Waals surface area contributed by atoms with Crippen LogP contribution in [0.1, 0.15) is 90.2 Å². The number of aliphatic carboxylic acids is 1. The predicted molar refractivity (Wildman–Crippen MR) is 137 cm³/mol. The zero-order chi connectivity index (χ0) is 25.0. The molecule has 3 rings (SSSR count). The van der Waals surface area contributed by atoms with Gasteiger partial charge in [-0.05, 0) is 60.4 Å². The second-order valence-electron chi connectivity index (χ2n) is 10.3. The van der Waals surface area contributed by atoms with Gasteiger partial charge in [-0.2, -0.15) is 0 Å². The van der Waals surface area contributed by atoms with Gasteiger partial charge in [0, 0.05) is 10.6 Å². The Morgan fingerprint density at radius 3 is 2.41 bits per heavy atom. The minimum Gasteiger partial charge on any atom is -0.505 e. The van der Waals surface area contributed by atoms with Crippen molar-refractivity contribution in [3.63, 3.8) is 0 Å². The van der Waals surface area contributed by atoms with Crippen molar-refractivity contribution in [2.75, 3.05) is 0 Å². The number of nitrogens with zero attached hydrogens (tertiary/aromatic N) is 3. The number of rotatable bonds is 10. The fraction of sp³-hybridized carbons (Fsp3) is 0.519. The van der Waals surface area contributed by atoms with Crippen molar-refractivity contribution in [2.24, 2.45) is 5.92 Å². The van der Waals surface area contributed by atoms with Crippen LogP contribution in [0.3, 0.4) is 0 Å². The number of aromatic hydroxyl groups is 1. The summed E-state index contributed by atoms with van der Waals surface area (Å²) in [6.45, 7) is 10.2. The number of benzene rings is 2. The highest BCUT2D eigenvalue weighted by Gasteiger charge is 2.26. The number of fused-ring (bicyclic) bond motifs is 1. The zero-order valence-electron chi connectivity index (χ0n) is 20.8. The van der Waals surface area contributed by atoms with E-state index in [1.165, 1.54) is 4.80 Å². The SMILES string of the molecule is CCCCCC(CCC(C)C(=O)O)c1cc(-n2nc3ccc(Cl)cc3n2)c(O)c(C(C)(C)C)c1. The molecule has 7 heteroatoms. The molecule has 0 amide bonds. The van der Waals surface area contributed by atoms with Gasteiger partial charge in [-0.1, -0.05) is 71.5 Å². The summed E-state index contributed by atoms with van der Waals surface area (Å²) in [5.41, 5.74) is 3.50. The summed E-state index contributed by atoms with van der Waals surface area (Å²) in [5.74, 6) is -0.808. The number of carboxylic acids is 1. The molecular weight excluding hydrogens is 450 g/mol. The lowest BCUT2D eigenvalue weighted by Gasteiger charge is -2.26. The second-order valence-corrected chi connectivity index (χ2v) is 10.8. The van der Waals surface area contributed by atoms with Crippen LogP contribution in [0.15, 0.2) is 30.3 Å². The van der Waals surface area contributed by atoms with Gasteiger partial charge >= 0.3 is 5.97 Å². The Morgan fingerprint density at radius 2 is 1.76 bits per heavy atom. The Bertz CT molecular complexity index is 1150. The van der Waals surface area contributed by atoms with E-state index < -0.39 is 11.9 Å². The molecule has 0 spiro atoms. The van der Waals surface area contributed by atoms with Crippen LogP contribution in [0.4, 0.5) is 0 Å². The summed E-state index contributed by atoms with van der Waals surface area (Å²) >= 11 is 6.13. The van der Waals surface area contributed by atoms with Gasteiger partial charge in [0.1, 0.15) is 22.5 Å². The van der Waals surface area contributed by atoms with Crippen LogP contribution in [-0.2, 0) is 10.2 Å². The van der Waals surface area contributed by atoms with Crippen molar-refractivity contribution < 1.29 is 15.0 Å². The molecule has 184 valence electrons. The van der Waals surface area contributed by atoms with Crippen molar-refractivity contribution in [3.8, 4) is 11.4 Å². The summed E-state index contributed by atoms with van der Waals surface area (Å²) < 4.78 is 0. The number of aromatic nitrogens is 3. The molecular formula is C27H36ClN3O3. The third-order valence-electron chi connectivity index (χ3n) is 6.48. The van der Waals surface area contributed by atoms with E-state index in [1.54, 1.807) is 19.1 Å². The van der Waals surface area contributed by atoms with E-state index >= 15 is 0 Å². The molecule has 2 aromatic carbocycles. The van der Waals surface area contributed by atoms with Crippen molar-refractivity contribution in [1.82, 2.24) is 15.0 Å². The Labute approximate surface area is 206 Å². The number of carbonyl (C=O) groups is 1. The third kappa shape index (κ3) is 6.09. The summed E-state index contributed by atoms with van der Waals surface area (Å²) in [7, 11) is 0. The van der Waals surface area contributed by atoms with Gasteiger partial charge in [0.15, 0.2) is 0 Å². The van der Waals surface area contributed by atoms with Gasteiger partial charge in [-0.15, -0.1) is 15.0 Å². The zero-order valence-corrected chi connectivity index (χ0v) is 21.6. The number of hydrogen-bond acceptors (Lipinski definition) is 4. The predicted octanol–water partition coefficient (Wildman–Crippen LogP) is 7.24. The first-order valence-electron chi connectivity index (χ1n) is 12.1. The Kier molecular flexibility index (Phi) is 8.24. The molecule has 2 unspecified atom stereocenters. The van der Waals surface area contributed by atoms with Gasteiger partial charge < -0.3 is 10.2 Å². The Hall–Kier alpha value is -2.60. The molecule has 0 aliphatic carbocycles. The fourth-order valence-corrected chi connectivity index (χ4v) is 4.46. The Balaban J connectivity index is 2.10. The van der Waals surface area contributed by atoms with Crippen molar-refractivity contribution in [3.05, 3.63) is 46.5 Å². The number of carboxylic acid groups (broad SMARTS) is 1. The van der Waals surface area contributed by atoms with E-state index in [2.05, 4.69) is 44.0 Å². The van der Waals surface area contributed by atoms with Gasteiger partial charge in [0.25, 0.3) is 0 Å². The minimum atomic E-state index is -0.764. The maximum Gasteiger partial charge on any atom is 0.306 e. The van der Waals surface area contributed by atoms with E-state index in [4.69, 9.17) is 11.6 Å². The summed E-state index contributed by atoms with van der Waals surface area (Å²) in [6, 6.07) is 9.39. The molecule has 34 heavy (non-hydrogen) atoms. The number of unbranched alkanes of at least 4 members (excludes halogenated alkanes) is 2. The average molecular weight is 486 g/mol. The van der Waals surface area contributed by atoms with E-state index in [1.807, 2.05) is 12.1 Å². The lowest BCUT2D eigenvalue weighted by Crippen LogP contribution is -2.16. The fourth-order valence-electron chi connectivity index (χ4n) is 4.29. The maximum atomic E-state index is 11.4. The molecule has 6 nitrogen and oxygen atoms in total. The number of phenolic OH excluding ortho intramolecular Hbond substituents is 1. The minimum absolute atomic E-state index is 0.161. The lowest BCUT2D eigenvalue weighted by atomic mass is 9.80. The molecule has 0 aliphatic heterocycles. The number of phenols is 1. The molecule has 0 fully saturated rings. The Morgan fingerprint density at radius 1 is 1.06 bits per heavy atom. The largest absolute Gasteiger partial charge is 0.505 e. The van der Waals surface area contributed by atoms with Gasteiger partial charge in [-0.3, -0.25) is 4.79 Å². The first-order valence-corrected chi connectivity index (χ1v) is 12.5. The number of halogens is 1. The normalized spacial score (nSPS) is 13.8. The van der Waals surface area contributed by atoms with Gasteiger partial charge in [0.05, 0.1) is 5.92 Å². The van der Waals surface area contributed by atoms with E-state index in [0.717, 1.165) is 43.2 Å². The van der Waals surface area contributed by atoms with Crippen molar-refractivity contribution in [2.45, 2.75) is 84.5 Å². The standard InChI is InChI=1S/C27H36ClN3O3/c1-6-7-8-9-18(11-10-17(2)26(33)34)19-14-21(27(3,4)5)25(32)24(15-19)31-29-22-13-12-20(28)16-23(22)30-31/h12-18,32H,6-11H2,1-5H3,(H,33,34). The summed E-state index contributed by atoms with van der Waals surface area (Å²) in [6.07, 6.45) is 5.68. The molecule has 3 aromatic rings. The van der Waals surface area contributed by atoms with Crippen LogP contribution < -0.4 is 0 Å². The van der Waals surface area contributed by atoms with Crippen LogP contribution in [0.5, 0.6) is 5.75 Å². The monoisotopic (exact) mass is 485 g/mol. The van der Waals surface area contributed by atoms with Crippen molar-refractivity contribution >= 4 is 28.6 Å². The van der Waals surface area contributed by atoms with E-state index in [9.17, 15) is 15.0 Å². The summed E-state index contributed by atoms with van der Waals surface area (Å²) in [4.78, 5) is 12.9. The van der Waals surface area contributed by atoms with Gasteiger partial charge in [-0.25, -0.2) is 0 Å². The second kappa shape index (κ2) is 10.8. The quantitative estimate of drug-likeness (QED) is 0.295. The molecule has 0 saturated heterocycles. The smallest absolute Gasteiger partial charge is 0.306 e. The highest BCUT2D eigenvalue weighted by atomic mass is 35.5. The van der Waals surface area contributed by atoms with Crippen LogP contribution in [0.25, 0.3) is 16.7 Å². The lowest BCUT2D eigenvalue weighted by molar-refractivity contribution is -0.141. The first kappa shape index (κ1) is 26.0. The van der Waals surface area contributed by atoms with Crippen molar-refractivity contribution in [1.29, 1.82) is 0 Å². The molecule has 0 bridgehead atoms. The van der Waals surface area contributed by atoms with Gasteiger partial charge in [0.2, 0.25) is 0 Å². The molecule has 0 radical (unpaired) electrons. The van der Waals surface area contributed by atoms with E-state index in [0.29, 0.717) is 28.2 Å². The number of hydrogen-bond donors (Lipinski definition) is 2.